The summed E-state index contributed by atoms with van der Waals surface area (Å²) in [7, 11) is 0. The van der Waals surface area contributed by atoms with Crippen LogP contribution in [0.15, 0.2) is 48.5 Å². The molecule has 23 heavy (non-hydrogen) atoms. The van der Waals surface area contributed by atoms with Crippen molar-refractivity contribution in [2.45, 2.75) is 25.9 Å². The Morgan fingerprint density at radius 3 is 2.39 bits per heavy atom. The highest BCUT2D eigenvalue weighted by Gasteiger charge is 2.15. The van der Waals surface area contributed by atoms with E-state index < -0.39 is 0 Å². The van der Waals surface area contributed by atoms with Gasteiger partial charge < -0.3 is 10.6 Å². The number of hydrogen-bond acceptors (Lipinski definition) is 1. The number of benzene rings is 2. The van der Waals surface area contributed by atoms with Gasteiger partial charge in [-0.15, -0.1) is 0 Å². The van der Waals surface area contributed by atoms with Gasteiger partial charge >= 0.3 is 0 Å². The molecule has 2 aromatic rings. The normalized spacial score (nSPS) is 13.4. The summed E-state index contributed by atoms with van der Waals surface area (Å²) in [5.41, 5.74) is 2.06. The number of carbonyl (C=O) groups is 1. The fourth-order valence-electron chi connectivity index (χ4n) is 2.39. The standard InChI is InChI=1S/C18H20Cl2N2O/c1-12(14-7-9-15(19)10-8-14)21-11-18(23)22-13(2)16-5-3-4-6-17(16)20/h3-10,12-13,21H,11H2,1-2H3,(H,22,23)/p+1/t12-,13-/m1/s1. The number of hydrogen-bond donors (Lipinski definition) is 2. The SMILES string of the molecule is C[C@@H](NC(=O)C[NH2+][C@H](C)c1ccc(Cl)cc1)c1ccccc1Cl. The Morgan fingerprint density at radius 2 is 1.74 bits per heavy atom. The molecule has 2 aromatic carbocycles. The van der Waals surface area contributed by atoms with Crippen LogP contribution in [0.1, 0.15) is 37.1 Å². The van der Waals surface area contributed by atoms with E-state index in [9.17, 15) is 4.79 Å². The molecule has 0 aliphatic carbocycles. The third-order valence-electron chi connectivity index (χ3n) is 3.80. The summed E-state index contributed by atoms with van der Waals surface area (Å²) in [4.78, 5) is 12.1. The minimum absolute atomic E-state index is 0.0155. The van der Waals surface area contributed by atoms with Crippen LogP contribution in [0, 0.1) is 0 Å². The molecule has 0 aliphatic rings. The van der Waals surface area contributed by atoms with E-state index in [0.717, 1.165) is 11.1 Å². The number of amides is 1. The maximum Gasteiger partial charge on any atom is 0.275 e. The van der Waals surface area contributed by atoms with E-state index >= 15 is 0 Å². The molecule has 0 radical (unpaired) electrons. The minimum Gasteiger partial charge on any atom is -0.345 e. The first-order valence-corrected chi connectivity index (χ1v) is 8.35. The lowest BCUT2D eigenvalue weighted by atomic mass is 10.1. The van der Waals surface area contributed by atoms with Crippen molar-refractivity contribution in [3.8, 4) is 0 Å². The first-order chi connectivity index (χ1) is 11.0. The van der Waals surface area contributed by atoms with E-state index in [2.05, 4.69) is 12.2 Å². The third-order valence-corrected chi connectivity index (χ3v) is 4.40. The van der Waals surface area contributed by atoms with Crippen molar-refractivity contribution in [2.24, 2.45) is 0 Å². The van der Waals surface area contributed by atoms with Crippen LogP contribution in [0.4, 0.5) is 0 Å². The molecule has 0 saturated carbocycles. The molecule has 3 N–H and O–H groups in total. The fraction of sp³-hybridized carbons (Fsp3) is 0.278. The van der Waals surface area contributed by atoms with Gasteiger partial charge in [-0.1, -0.05) is 53.5 Å². The molecule has 0 aromatic heterocycles. The van der Waals surface area contributed by atoms with Crippen LogP contribution in [0.25, 0.3) is 0 Å². The van der Waals surface area contributed by atoms with Crippen molar-refractivity contribution in [3.63, 3.8) is 0 Å². The predicted octanol–water partition coefficient (Wildman–Crippen LogP) is 3.50. The smallest absolute Gasteiger partial charge is 0.275 e. The zero-order valence-corrected chi connectivity index (χ0v) is 14.7. The van der Waals surface area contributed by atoms with E-state index in [1.807, 2.05) is 60.8 Å². The lowest BCUT2D eigenvalue weighted by Gasteiger charge is -2.16. The largest absolute Gasteiger partial charge is 0.345 e. The summed E-state index contributed by atoms with van der Waals surface area (Å²) in [5.74, 6) is -0.0155. The Balaban J connectivity index is 1.85. The summed E-state index contributed by atoms with van der Waals surface area (Å²) in [6.45, 7) is 4.36. The number of nitrogens with one attached hydrogen (secondary N) is 1. The molecule has 5 heteroatoms. The van der Waals surface area contributed by atoms with E-state index in [4.69, 9.17) is 23.2 Å². The van der Waals surface area contributed by atoms with Crippen molar-refractivity contribution in [3.05, 3.63) is 69.7 Å². The molecule has 2 atom stereocenters. The lowest BCUT2D eigenvalue weighted by Crippen LogP contribution is -2.87. The highest BCUT2D eigenvalue weighted by Crippen LogP contribution is 2.21. The molecule has 1 amide bonds. The summed E-state index contributed by atoms with van der Waals surface area (Å²) >= 11 is 12.0. The fourth-order valence-corrected chi connectivity index (χ4v) is 2.82. The topological polar surface area (TPSA) is 45.7 Å². The average Bonchev–Trinajstić information content (AvgIpc) is 2.53. The molecule has 122 valence electrons. The number of rotatable bonds is 6. The second-order valence-corrected chi connectivity index (χ2v) is 6.43. The van der Waals surface area contributed by atoms with Gasteiger partial charge in [-0.2, -0.15) is 0 Å². The van der Waals surface area contributed by atoms with Crippen LogP contribution in [-0.2, 0) is 4.79 Å². The number of quaternary nitrogens is 1. The highest BCUT2D eigenvalue weighted by atomic mass is 35.5. The molecule has 2 rings (SSSR count). The van der Waals surface area contributed by atoms with E-state index in [1.54, 1.807) is 0 Å². The van der Waals surface area contributed by atoms with Crippen molar-refractivity contribution in [1.29, 1.82) is 0 Å². The van der Waals surface area contributed by atoms with Gasteiger partial charge in [0.05, 0.1) is 6.04 Å². The first kappa shape index (κ1) is 17.8. The molecule has 0 spiro atoms. The first-order valence-electron chi connectivity index (χ1n) is 7.60. The van der Waals surface area contributed by atoms with Crippen molar-refractivity contribution >= 4 is 29.1 Å². The third kappa shape index (κ3) is 5.24. The Labute approximate surface area is 147 Å². The highest BCUT2D eigenvalue weighted by molar-refractivity contribution is 6.31. The second kappa shape index (κ2) is 8.34. The molecule has 0 fully saturated rings. The van der Waals surface area contributed by atoms with Crippen LogP contribution in [0.3, 0.4) is 0 Å². The molecule has 0 heterocycles. The van der Waals surface area contributed by atoms with E-state index in [-0.39, 0.29) is 18.0 Å². The van der Waals surface area contributed by atoms with Gasteiger partial charge in [0.25, 0.3) is 5.91 Å². The van der Waals surface area contributed by atoms with Crippen molar-refractivity contribution < 1.29 is 10.1 Å². The number of carbonyl (C=O) groups excluding carboxylic acids is 1. The molecule has 0 unspecified atom stereocenters. The van der Waals surface area contributed by atoms with Gasteiger partial charge in [-0.25, -0.2) is 0 Å². The monoisotopic (exact) mass is 351 g/mol. The lowest BCUT2D eigenvalue weighted by molar-refractivity contribution is -0.682. The summed E-state index contributed by atoms with van der Waals surface area (Å²) in [5, 5.41) is 6.36. The Hall–Kier alpha value is -1.55. The molecule has 3 nitrogen and oxygen atoms in total. The van der Waals surface area contributed by atoms with Gasteiger partial charge in [-0.05, 0) is 37.6 Å². The molecular formula is C18H21Cl2N2O+. The number of nitrogens with two attached hydrogens (primary N) is 1. The minimum atomic E-state index is -0.115. The Bertz CT molecular complexity index is 658. The zero-order chi connectivity index (χ0) is 16.8. The molecule has 0 saturated heterocycles. The van der Waals surface area contributed by atoms with Crippen molar-refractivity contribution in [1.82, 2.24) is 5.32 Å². The van der Waals surface area contributed by atoms with Gasteiger partial charge in [0, 0.05) is 15.6 Å². The van der Waals surface area contributed by atoms with Gasteiger partial charge in [0.2, 0.25) is 0 Å². The zero-order valence-electron chi connectivity index (χ0n) is 13.2. The average molecular weight is 352 g/mol. The van der Waals surface area contributed by atoms with Gasteiger partial charge in [0.15, 0.2) is 6.54 Å². The predicted molar refractivity (Wildman–Crippen MR) is 94.7 cm³/mol. The molecule has 0 aliphatic heterocycles. The van der Waals surface area contributed by atoms with E-state index in [1.165, 1.54) is 0 Å². The molecular weight excluding hydrogens is 331 g/mol. The number of halogens is 2. The second-order valence-electron chi connectivity index (χ2n) is 5.59. The quantitative estimate of drug-likeness (QED) is 0.821. The van der Waals surface area contributed by atoms with Crippen LogP contribution >= 0.6 is 23.2 Å². The van der Waals surface area contributed by atoms with Crippen molar-refractivity contribution in [2.75, 3.05) is 6.54 Å². The molecule has 0 bridgehead atoms. The maximum atomic E-state index is 12.1. The Kier molecular flexibility index (Phi) is 6.46. The maximum absolute atomic E-state index is 12.1. The van der Waals surface area contributed by atoms with E-state index in [0.29, 0.717) is 16.6 Å². The van der Waals surface area contributed by atoms with Crippen LogP contribution in [-0.4, -0.2) is 12.5 Å². The van der Waals surface area contributed by atoms with Crippen LogP contribution in [0.2, 0.25) is 10.0 Å². The van der Waals surface area contributed by atoms with Crippen LogP contribution < -0.4 is 10.6 Å². The Morgan fingerprint density at radius 1 is 1.09 bits per heavy atom. The summed E-state index contributed by atoms with van der Waals surface area (Å²) in [6.07, 6.45) is 0. The van der Waals surface area contributed by atoms with Crippen LogP contribution in [0.5, 0.6) is 0 Å². The van der Waals surface area contributed by atoms with Gasteiger partial charge in [-0.3, -0.25) is 4.79 Å². The van der Waals surface area contributed by atoms with Gasteiger partial charge in [0.1, 0.15) is 6.04 Å². The summed E-state index contributed by atoms with van der Waals surface area (Å²) < 4.78 is 0. The summed E-state index contributed by atoms with van der Waals surface area (Å²) in [6, 6.07) is 15.3.